The van der Waals surface area contributed by atoms with Crippen molar-refractivity contribution in [3.05, 3.63) is 30.1 Å². The molecule has 2 saturated heterocycles. The molecule has 8 heteroatoms. The smallest absolute Gasteiger partial charge is 0.325 e. The Labute approximate surface area is 127 Å². The summed E-state index contributed by atoms with van der Waals surface area (Å²) in [5, 5.41) is 2.40. The third-order valence-electron chi connectivity index (χ3n) is 3.71. The second-order valence-electron chi connectivity index (χ2n) is 5.12. The third kappa shape index (κ3) is 2.91. The highest BCUT2D eigenvalue weighted by atomic mass is 16.5. The molecule has 0 bridgehead atoms. The van der Waals surface area contributed by atoms with Crippen molar-refractivity contribution < 1.29 is 19.1 Å². The molecule has 1 aromatic rings. The van der Waals surface area contributed by atoms with E-state index in [1.807, 2.05) is 12.1 Å². The summed E-state index contributed by atoms with van der Waals surface area (Å²) in [6, 6.07) is 3.19. The van der Waals surface area contributed by atoms with Gasteiger partial charge in [-0.1, -0.05) is 6.07 Å². The van der Waals surface area contributed by atoms with E-state index in [0.717, 1.165) is 10.5 Å². The van der Waals surface area contributed by atoms with Gasteiger partial charge in [-0.15, -0.1) is 0 Å². The number of ether oxygens (including phenoxy) is 1. The van der Waals surface area contributed by atoms with Crippen molar-refractivity contribution in [3.63, 3.8) is 0 Å². The average Bonchev–Trinajstić information content (AvgIpc) is 2.88. The van der Waals surface area contributed by atoms with E-state index < -0.39 is 6.03 Å². The number of rotatable bonds is 3. The van der Waals surface area contributed by atoms with Crippen LogP contribution in [-0.2, 0) is 14.3 Å². The summed E-state index contributed by atoms with van der Waals surface area (Å²) in [5.41, 5.74) is 0.898. The molecule has 1 atom stereocenters. The first-order chi connectivity index (χ1) is 10.6. The monoisotopic (exact) mass is 304 g/mol. The number of nitrogens with zero attached hydrogens (tertiary/aromatic N) is 3. The molecule has 0 spiro atoms. The number of carbonyl (C=O) groups is 3. The maximum atomic E-state index is 12.3. The first kappa shape index (κ1) is 14.5. The lowest BCUT2D eigenvalue weighted by Crippen LogP contribution is -2.48. The summed E-state index contributed by atoms with van der Waals surface area (Å²) in [6.07, 6.45) is 3.14. The Kier molecular flexibility index (Phi) is 4.01. The van der Waals surface area contributed by atoms with Crippen molar-refractivity contribution >= 4 is 17.8 Å². The highest BCUT2D eigenvalue weighted by Crippen LogP contribution is 2.21. The second-order valence-corrected chi connectivity index (χ2v) is 5.12. The Hall–Kier alpha value is -2.48. The lowest BCUT2D eigenvalue weighted by molar-refractivity contribution is -0.142. The normalized spacial score (nSPS) is 21.9. The van der Waals surface area contributed by atoms with Crippen molar-refractivity contribution in [3.8, 4) is 0 Å². The van der Waals surface area contributed by atoms with Gasteiger partial charge >= 0.3 is 6.03 Å². The van der Waals surface area contributed by atoms with Gasteiger partial charge in [-0.3, -0.25) is 19.5 Å². The SMILES string of the molecule is O=C(CN1C(=O)CNC1=O)N1CCO[C@@H](c2cccnc2)C1. The number of urea groups is 1. The topological polar surface area (TPSA) is 91.8 Å². The van der Waals surface area contributed by atoms with Crippen molar-refractivity contribution in [2.75, 3.05) is 32.8 Å². The molecular weight excluding hydrogens is 288 g/mol. The third-order valence-corrected chi connectivity index (χ3v) is 3.71. The van der Waals surface area contributed by atoms with Crippen LogP contribution in [0.1, 0.15) is 11.7 Å². The zero-order valence-corrected chi connectivity index (χ0v) is 11.9. The molecule has 2 aliphatic heterocycles. The largest absolute Gasteiger partial charge is 0.370 e. The van der Waals surface area contributed by atoms with E-state index in [0.29, 0.717) is 19.7 Å². The Bertz CT molecular complexity index is 576. The molecule has 0 unspecified atom stereocenters. The number of aromatic nitrogens is 1. The van der Waals surface area contributed by atoms with E-state index in [2.05, 4.69) is 10.3 Å². The van der Waals surface area contributed by atoms with Crippen LogP contribution in [0.25, 0.3) is 0 Å². The van der Waals surface area contributed by atoms with E-state index in [1.165, 1.54) is 0 Å². The molecule has 8 nitrogen and oxygen atoms in total. The summed E-state index contributed by atoms with van der Waals surface area (Å²) in [5.74, 6) is -0.641. The van der Waals surface area contributed by atoms with Gasteiger partial charge in [0.1, 0.15) is 12.6 Å². The van der Waals surface area contributed by atoms with Gasteiger partial charge in [0, 0.05) is 24.5 Å². The fraction of sp³-hybridized carbons (Fsp3) is 0.429. The number of hydrogen-bond acceptors (Lipinski definition) is 5. The fourth-order valence-electron chi connectivity index (χ4n) is 2.49. The lowest BCUT2D eigenvalue weighted by atomic mass is 10.1. The zero-order chi connectivity index (χ0) is 15.5. The molecule has 116 valence electrons. The number of carbonyl (C=O) groups excluding carboxylic acids is 3. The van der Waals surface area contributed by atoms with E-state index in [-0.39, 0.29) is 31.0 Å². The van der Waals surface area contributed by atoms with Gasteiger partial charge in [-0.05, 0) is 6.07 Å². The van der Waals surface area contributed by atoms with Crippen LogP contribution in [-0.4, -0.2) is 65.4 Å². The van der Waals surface area contributed by atoms with Crippen LogP contribution in [0.4, 0.5) is 4.79 Å². The molecule has 1 N–H and O–H groups in total. The first-order valence-electron chi connectivity index (χ1n) is 7.02. The van der Waals surface area contributed by atoms with Gasteiger partial charge in [0.2, 0.25) is 5.91 Å². The van der Waals surface area contributed by atoms with Gasteiger partial charge in [0.15, 0.2) is 0 Å². The Morgan fingerprint density at radius 3 is 3.00 bits per heavy atom. The summed E-state index contributed by atoms with van der Waals surface area (Å²) in [7, 11) is 0. The average molecular weight is 304 g/mol. The predicted molar refractivity (Wildman–Crippen MR) is 74.6 cm³/mol. The molecule has 0 saturated carbocycles. The van der Waals surface area contributed by atoms with Crippen LogP contribution in [0.3, 0.4) is 0 Å². The molecule has 3 rings (SSSR count). The molecule has 22 heavy (non-hydrogen) atoms. The summed E-state index contributed by atoms with van der Waals surface area (Å²) in [4.78, 5) is 41.9. The standard InChI is InChI=1S/C14H16N4O4/c19-12-7-16-14(21)18(12)9-13(20)17-4-5-22-11(8-17)10-2-1-3-15-6-10/h1-3,6,11H,4-5,7-9H2,(H,16,21)/t11-/m1/s1. The number of nitrogens with one attached hydrogen (secondary N) is 1. The van der Waals surface area contributed by atoms with E-state index >= 15 is 0 Å². The Morgan fingerprint density at radius 2 is 2.32 bits per heavy atom. The van der Waals surface area contributed by atoms with Crippen LogP contribution in [0.5, 0.6) is 0 Å². The summed E-state index contributed by atoms with van der Waals surface area (Å²) in [6.45, 7) is 0.955. The van der Waals surface area contributed by atoms with Gasteiger partial charge in [-0.25, -0.2) is 4.79 Å². The van der Waals surface area contributed by atoms with E-state index in [4.69, 9.17) is 4.74 Å². The molecule has 4 amide bonds. The van der Waals surface area contributed by atoms with Gasteiger partial charge in [-0.2, -0.15) is 0 Å². The Morgan fingerprint density at radius 1 is 1.45 bits per heavy atom. The number of pyridine rings is 1. The second kappa shape index (κ2) is 6.10. The van der Waals surface area contributed by atoms with Crippen molar-refractivity contribution in [2.24, 2.45) is 0 Å². The Balaban J connectivity index is 1.63. The maximum Gasteiger partial charge on any atom is 0.325 e. The fourth-order valence-corrected chi connectivity index (χ4v) is 2.49. The maximum absolute atomic E-state index is 12.3. The van der Waals surface area contributed by atoms with Crippen LogP contribution in [0, 0.1) is 0 Å². The minimum atomic E-state index is -0.518. The van der Waals surface area contributed by atoms with Crippen LogP contribution in [0.2, 0.25) is 0 Å². The van der Waals surface area contributed by atoms with Gasteiger partial charge < -0.3 is 15.0 Å². The molecule has 3 heterocycles. The minimum absolute atomic E-state index is 0.0481. The number of imide groups is 1. The van der Waals surface area contributed by atoms with Crippen LogP contribution in [0.15, 0.2) is 24.5 Å². The van der Waals surface area contributed by atoms with Crippen molar-refractivity contribution in [1.29, 1.82) is 0 Å². The molecule has 2 aliphatic rings. The first-order valence-corrected chi connectivity index (χ1v) is 7.02. The minimum Gasteiger partial charge on any atom is -0.370 e. The van der Waals surface area contributed by atoms with Gasteiger partial charge in [0.25, 0.3) is 5.91 Å². The predicted octanol–water partition coefficient (Wildman–Crippen LogP) is -0.467. The quantitative estimate of drug-likeness (QED) is 0.763. The van der Waals surface area contributed by atoms with Crippen LogP contribution < -0.4 is 5.32 Å². The molecule has 1 aromatic heterocycles. The number of morpholine rings is 1. The van der Waals surface area contributed by atoms with Crippen LogP contribution >= 0.6 is 0 Å². The summed E-state index contributed by atoms with van der Waals surface area (Å²) < 4.78 is 5.66. The molecule has 0 aromatic carbocycles. The molecule has 2 fully saturated rings. The highest BCUT2D eigenvalue weighted by molar-refractivity contribution is 6.04. The van der Waals surface area contributed by atoms with Crippen molar-refractivity contribution in [1.82, 2.24) is 20.1 Å². The summed E-state index contributed by atoms with van der Waals surface area (Å²) >= 11 is 0. The number of amides is 4. The lowest BCUT2D eigenvalue weighted by Gasteiger charge is -2.33. The highest BCUT2D eigenvalue weighted by Gasteiger charge is 2.33. The molecular formula is C14H16N4O4. The molecule has 0 aliphatic carbocycles. The van der Waals surface area contributed by atoms with E-state index in [1.54, 1.807) is 17.3 Å². The van der Waals surface area contributed by atoms with Gasteiger partial charge in [0.05, 0.1) is 19.7 Å². The van der Waals surface area contributed by atoms with E-state index in [9.17, 15) is 14.4 Å². The van der Waals surface area contributed by atoms with Crippen molar-refractivity contribution in [2.45, 2.75) is 6.10 Å². The number of hydrogen-bond donors (Lipinski definition) is 1. The zero-order valence-electron chi connectivity index (χ0n) is 11.9. The molecule has 0 radical (unpaired) electrons.